The molecule has 0 spiro atoms. The average Bonchev–Trinajstić information content (AvgIpc) is 2.29. The fraction of sp³-hybridized carbons (Fsp3) is 0.273. The Hall–Kier alpha value is -1.62. The highest BCUT2D eigenvalue weighted by Gasteiger charge is 2.04. The van der Waals surface area contributed by atoms with E-state index >= 15 is 0 Å². The van der Waals surface area contributed by atoms with Crippen molar-refractivity contribution in [3.05, 3.63) is 29.8 Å². The zero-order chi connectivity index (χ0) is 12.0. The van der Waals surface area contributed by atoms with Gasteiger partial charge >= 0.3 is 0 Å². The highest BCUT2D eigenvalue weighted by atomic mass is 32.1. The predicted octanol–water partition coefficient (Wildman–Crippen LogP) is 0.858. The van der Waals surface area contributed by atoms with Crippen molar-refractivity contribution in [1.29, 1.82) is 0 Å². The molecule has 1 aromatic rings. The number of thiocarbonyl (C=S) groups is 1. The first-order valence-electron chi connectivity index (χ1n) is 4.80. The number of ether oxygens (including phenoxy) is 1. The molecule has 16 heavy (non-hydrogen) atoms. The number of hydrogen-bond donors (Lipinski definition) is 2. The van der Waals surface area contributed by atoms with Crippen molar-refractivity contribution in [1.82, 2.24) is 10.6 Å². The van der Waals surface area contributed by atoms with E-state index in [-0.39, 0.29) is 5.91 Å². The Morgan fingerprint density at radius 1 is 1.38 bits per heavy atom. The minimum absolute atomic E-state index is 0.135. The molecule has 0 aromatic heterocycles. The van der Waals surface area contributed by atoms with Crippen LogP contribution in [0.4, 0.5) is 0 Å². The number of hydrogen-bond acceptors (Lipinski definition) is 3. The van der Waals surface area contributed by atoms with Crippen LogP contribution in [-0.2, 0) is 11.2 Å². The highest BCUT2D eigenvalue weighted by Crippen LogP contribution is 2.11. The van der Waals surface area contributed by atoms with Crippen LogP contribution in [0.25, 0.3) is 0 Å². The first-order valence-corrected chi connectivity index (χ1v) is 5.21. The topological polar surface area (TPSA) is 50.4 Å². The van der Waals surface area contributed by atoms with E-state index < -0.39 is 0 Å². The third-order valence-corrected chi connectivity index (χ3v) is 2.31. The summed E-state index contributed by atoms with van der Waals surface area (Å²) in [4.78, 5) is 11.5. The van der Waals surface area contributed by atoms with Crippen LogP contribution >= 0.6 is 12.2 Å². The summed E-state index contributed by atoms with van der Waals surface area (Å²) in [5.74, 6) is 0.638. The normalized spacial score (nSPS) is 9.38. The first-order chi connectivity index (χ1) is 7.65. The quantitative estimate of drug-likeness (QED) is 0.767. The van der Waals surface area contributed by atoms with Gasteiger partial charge in [0.05, 0.1) is 13.5 Å². The van der Waals surface area contributed by atoms with Crippen molar-refractivity contribution in [3.63, 3.8) is 0 Å². The molecule has 0 radical (unpaired) electrons. The number of carbonyl (C=O) groups excluding carboxylic acids is 1. The summed E-state index contributed by atoms with van der Waals surface area (Å²) in [6.45, 7) is 0. The van der Waals surface area contributed by atoms with Crippen LogP contribution in [0.3, 0.4) is 0 Å². The van der Waals surface area contributed by atoms with Gasteiger partial charge in [-0.05, 0) is 29.9 Å². The highest BCUT2D eigenvalue weighted by molar-refractivity contribution is 7.80. The number of benzene rings is 1. The minimum atomic E-state index is -0.135. The number of nitrogens with one attached hydrogen (secondary N) is 2. The van der Waals surface area contributed by atoms with E-state index in [9.17, 15) is 4.79 Å². The van der Waals surface area contributed by atoms with E-state index in [0.29, 0.717) is 11.5 Å². The van der Waals surface area contributed by atoms with Gasteiger partial charge in [-0.3, -0.25) is 4.79 Å². The summed E-state index contributed by atoms with van der Waals surface area (Å²) >= 11 is 4.82. The number of carbonyl (C=O) groups is 1. The lowest BCUT2D eigenvalue weighted by Gasteiger charge is -2.06. The summed E-state index contributed by atoms with van der Waals surface area (Å²) < 4.78 is 5.02. The molecule has 1 rings (SSSR count). The molecule has 1 aromatic carbocycles. The van der Waals surface area contributed by atoms with Gasteiger partial charge in [-0.15, -0.1) is 0 Å². The molecule has 0 saturated heterocycles. The number of amides is 1. The molecule has 0 aliphatic heterocycles. The van der Waals surface area contributed by atoms with Gasteiger partial charge in [0.15, 0.2) is 5.11 Å². The fourth-order valence-electron chi connectivity index (χ4n) is 1.16. The standard InChI is InChI=1S/C11H14N2O2S/c1-12-11(16)13-10(14)7-8-3-5-9(15-2)6-4-8/h3-6H,7H2,1-2H3,(H2,12,13,14,16). The SMILES string of the molecule is CNC(=S)NC(=O)Cc1ccc(OC)cc1. The van der Waals surface area contributed by atoms with Gasteiger partial charge in [-0.1, -0.05) is 12.1 Å². The molecule has 0 aliphatic carbocycles. The van der Waals surface area contributed by atoms with Crippen molar-refractivity contribution in [2.24, 2.45) is 0 Å². The van der Waals surface area contributed by atoms with Gasteiger partial charge in [0, 0.05) is 7.05 Å². The maximum atomic E-state index is 11.5. The molecule has 2 N–H and O–H groups in total. The summed E-state index contributed by atoms with van der Waals surface area (Å²) in [5.41, 5.74) is 0.914. The van der Waals surface area contributed by atoms with Crippen molar-refractivity contribution in [3.8, 4) is 5.75 Å². The smallest absolute Gasteiger partial charge is 0.230 e. The molecule has 0 fully saturated rings. The molecule has 0 bridgehead atoms. The van der Waals surface area contributed by atoms with Crippen LogP contribution < -0.4 is 15.4 Å². The van der Waals surface area contributed by atoms with E-state index in [1.165, 1.54) is 0 Å². The molecule has 1 amide bonds. The molecule has 0 heterocycles. The Morgan fingerprint density at radius 3 is 2.50 bits per heavy atom. The summed E-state index contributed by atoms with van der Waals surface area (Å²) in [6, 6.07) is 7.33. The van der Waals surface area contributed by atoms with Crippen molar-refractivity contribution >= 4 is 23.2 Å². The van der Waals surface area contributed by atoms with Crippen LogP contribution in [0.5, 0.6) is 5.75 Å². The largest absolute Gasteiger partial charge is 0.497 e. The Kier molecular flexibility index (Phi) is 4.72. The van der Waals surface area contributed by atoms with Gasteiger partial charge in [-0.2, -0.15) is 0 Å². The second-order valence-electron chi connectivity index (χ2n) is 3.15. The molecule has 86 valence electrons. The molecule has 0 unspecified atom stereocenters. The van der Waals surface area contributed by atoms with E-state index in [2.05, 4.69) is 10.6 Å². The Labute approximate surface area is 100.0 Å². The molecule has 0 saturated carbocycles. The zero-order valence-electron chi connectivity index (χ0n) is 9.24. The molecule has 5 heteroatoms. The molecule has 0 atom stereocenters. The van der Waals surface area contributed by atoms with Gasteiger partial charge in [0.25, 0.3) is 0 Å². The third-order valence-electron chi connectivity index (χ3n) is 2.00. The number of methoxy groups -OCH3 is 1. The van der Waals surface area contributed by atoms with Crippen molar-refractivity contribution < 1.29 is 9.53 Å². The maximum Gasteiger partial charge on any atom is 0.230 e. The Bertz CT molecular complexity index is 376. The lowest BCUT2D eigenvalue weighted by Crippen LogP contribution is -2.37. The Balaban J connectivity index is 2.52. The lowest BCUT2D eigenvalue weighted by molar-refractivity contribution is -0.119. The second kappa shape index (κ2) is 6.07. The van der Waals surface area contributed by atoms with Gasteiger partial charge < -0.3 is 15.4 Å². The Morgan fingerprint density at radius 2 is 2.00 bits per heavy atom. The number of rotatable bonds is 3. The second-order valence-corrected chi connectivity index (χ2v) is 3.56. The van der Waals surface area contributed by atoms with Crippen molar-refractivity contribution in [2.75, 3.05) is 14.2 Å². The fourth-order valence-corrected chi connectivity index (χ4v) is 1.28. The van der Waals surface area contributed by atoms with E-state index in [1.54, 1.807) is 14.2 Å². The van der Waals surface area contributed by atoms with E-state index in [4.69, 9.17) is 17.0 Å². The minimum Gasteiger partial charge on any atom is -0.497 e. The maximum absolute atomic E-state index is 11.5. The van der Waals surface area contributed by atoms with Gasteiger partial charge in [0.1, 0.15) is 5.75 Å². The monoisotopic (exact) mass is 238 g/mol. The van der Waals surface area contributed by atoms with Gasteiger partial charge in [-0.25, -0.2) is 0 Å². The van der Waals surface area contributed by atoms with Crippen LogP contribution in [-0.4, -0.2) is 25.2 Å². The molecule has 4 nitrogen and oxygen atoms in total. The third kappa shape index (κ3) is 3.86. The molecule has 0 aliphatic rings. The van der Waals surface area contributed by atoms with Crippen LogP contribution in [0.15, 0.2) is 24.3 Å². The zero-order valence-corrected chi connectivity index (χ0v) is 10.1. The summed E-state index contributed by atoms with van der Waals surface area (Å²) in [7, 11) is 3.27. The molecular weight excluding hydrogens is 224 g/mol. The van der Waals surface area contributed by atoms with E-state index in [1.807, 2.05) is 24.3 Å². The first kappa shape index (κ1) is 12.4. The molecular formula is C11H14N2O2S. The van der Waals surface area contributed by atoms with E-state index in [0.717, 1.165) is 11.3 Å². The van der Waals surface area contributed by atoms with Crippen LogP contribution in [0.2, 0.25) is 0 Å². The van der Waals surface area contributed by atoms with Gasteiger partial charge in [0.2, 0.25) is 5.91 Å². The van der Waals surface area contributed by atoms with Crippen molar-refractivity contribution in [2.45, 2.75) is 6.42 Å². The summed E-state index contributed by atoms with van der Waals surface area (Å²) in [6.07, 6.45) is 0.297. The van der Waals surface area contributed by atoms with Crippen LogP contribution in [0, 0.1) is 0 Å². The van der Waals surface area contributed by atoms with Crippen LogP contribution in [0.1, 0.15) is 5.56 Å². The lowest BCUT2D eigenvalue weighted by atomic mass is 10.1. The summed E-state index contributed by atoms with van der Waals surface area (Å²) in [5, 5.41) is 5.57. The average molecular weight is 238 g/mol. The predicted molar refractivity (Wildman–Crippen MR) is 66.5 cm³/mol.